The molecular weight excluding hydrogens is 289 g/mol. The van der Waals surface area contributed by atoms with Gasteiger partial charge in [-0.25, -0.2) is 0 Å². The van der Waals surface area contributed by atoms with Crippen molar-refractivity contribution in [3.05, 3.63) is 84.9 Å². The molecule has 0 fully saturated rings. The molecule has 96 valence electrons. The van der Waals surface area contributed by atoms with Gasteiger partial charge in [0.2, 0.25) is 0 Å². The van der Waals surface area contributed by atoms with Crippen molar-refractivity contribution in [3.8, 4) is 0 Å². The Morgan fingerprint density at radius 1 is 0.684 bits per heavy atom. The van der Waals surface area contributed by atoms with Gasteiger partial charge in [-0.2, -0.15) is 0 Å². The Morgan fingerprint density at radius 3 is 1.32 bits per heavy atom. The van der Waals surface area contributed by atoms with E-state index in [-0.39, 0.29) is 0 Å². The molecule has 0 nitrogen and oxygen atoms in total. The van der Waals surface area contributed by atoms with Crippen LogP contribution in [0.3, 0.4) is 0 Å². The van der Waals surface area contributed by atoms with Crippen molar-refractivity contribution < 1.29 is 0 Å². The van der Waals surface area contributed by atoms with Crippen molar-refractivity contribution in [3.63, 3.8) is 0 Å². The monoisotopic (exact) mass is 310 g/mol. The SMILES string of the molecule is C=[C](c1ccccc1)[Ge]([CH3])([CH3])[C](=C)c1ccccc1. The summed E-state index contributed by atoms with van der Waals surface area (Å²) < 4.78 is 2.57. The Kier molecular flexibility index (Phi) is 4.11. The van der Waals surface area contributed by atoms with E-state index in [1.807, 2.05) is 12.1 Å². The van der Waals surface area contributed by atoms with Crippen molar-refractivity contribution in [2.24, 2.45) is 0 Å². The second-order valence-corrected chi connectivity index (χ2v) is 14.7. The Bertz CT molecular complexity index is 526. The number of rotatable bonds is 4. The van der Waals surface area contributed by atoms with E-state index in [1.165, 1.54) is 19.9 Å². The number of benzene rings is 2. The van der Waals surface area contributed by atoms with Gasteiger partial charge in [-0.3, -0.25) is 0 Å². The second-order valence-electron chi connectivity index (χ2n) is 5.31. The van der Waals surface area contributed by atoms with Gasteiger partial charge in [0.1, 0.15) is 0 Å². The van der Waals surface area contributed by atoms with E-state index < -0.39 is 13.3 Å². The molecule has 0 bridgehead atoms. The molecule has 0 saturated carbocycles. The molecule has 0 N–H and O–H groups in total. The maximum absolute atomic E-state index is 4.37. The van der Waals surface area contributed by atoms with Crippen molar-refractivity contribution >= 4 is 22.1 Å². The molecule has 0 heterocycles. The van der Waals surface area contributed by atoms with Gasteiger partial charge in [0.25, 0.3) is 0 Å². The molecule has 0 aliphatic rings. The van der Waals surface area contributed by atoms with Crippen LogP contribution in [0, 0.1) is 0 Å². The Morgan fingerprint density at radius 2 is 1.00 bits per heavy atom. The van der Waals surface area contributed by atoms with Gasteiger partial charge in [0, 0.05) is 0 Å². The van der Waals surface area contributed by atoms with Crippen molar-refractivity contribution in [1.82, 2.24) is 0 Å². The quantitative estimate of drug-likeness (QED) is 0.681. The minimum absolute atomic E-state index is 1.25. The summed E-state index contributed by atoms with van der Waals surface area (Å²) in [6.07, 6.45) is 0. The summed E-state index contributed by atoms with van der Waals surface area (Å²) in [4.78, 5) is 0. The van der Waals surface area contributed by atoms with E-state index in [4.69, 9.17) is 0 Å². The van der Waals surface area contributed by atoms with E-state index in [0.717, 1.165) is 0 Å². The average molecular weight is 309 g/mol. The van der Waals surface area contributed by atoms with E-state index in [1.54, 1.807) is 0 Å². The van der Waals surface area contributed by atoms with Crippen LogP contribution >= 0.6 is 0 Å². The topological polar surface area (TPSA) is 0 Å². The summed E-state index contributed by atoms with van der Waals surface area (Å²) in [6, 6.07) is 21.0. The van der Waals surface area contributed by atoms with Crippen LogP contribution in [-0.4, -0.2) is 13.3 Å². The van der Waals surface area contributed by atoms with Crippen molar-refractivity contribution in [1.29, 1.82) is 0 Å². The van der Waals surface area contributed by atoms with Crippen LogP contribution < -0.4 is 0 Å². The molecule has 0 aliphatic carbocycles. The molecule has 2 rings (SSSR count). The second kappa shape index (κ2) is 5.62. The Hall–Kier alpha value is -1.54. The predicted molar refractivity (Wildman–Crippen MR) is 88.4 cm³/mol. The molecule has 0 atom stereocenters. The van der Waals surface area contributed by atoms with Crippen molar-refractivity contribution in [2.75, 3.05) is 0 Å². The van der Waals surface area contributed by atoms with Gasteiger partial charge < -0.3 is 0 Å². The summed E-state index contributed by atoms with van der Waals surface area (Å²) >= 11 is -2.35. The summed E-state index contributed by atoms with van der Waals surface area (Å²) in [6.45, 7) is 8.73. The van der Waals surface area contributed by atoms with E-state index in [2.05, 4.69) is 73.2 Å². The van der Waals surface area contributed by atoms with Crippen LogP contribution in [0.15, 0.2) is 73.8 Å². The first kappa shape index (κ1) is 13.9. The molecule has 0 unspecified atom stereocenters. The summed E-state index contributed by atoms with van der Waals surface area (Å²) in [7, 11) is 0. The first-order valence-electron chi connectivity index (χ1n) is 6.53. The zero-order chi connectivity index (χ0) is 13.9. The van der Waals surface area contributed by atoms with Crippen LogP contribution in [0.5, 0.6) is 0 Å². The molecule has 19 heavy (non-hydrogen) atoms. The molecule has 1 heteroatoms. The van der Waals surface area contributed by atoms with Gasteiger partial charge in [-0.05, 0) is 0 Å². The van der Waals surface area contributed by atoms with Crippen molar-refractivity contribution in [2.45, 2.75) is 11.5 Å². The van der Waals surface area contributed by atoms with Gasteiger partial charge in [0.05, 0.1) is 0 Å². The fourth-order valence-electron chi connectivity index (χ4n) is 2.18. The van der Waals surface area contributed by atoms with Gasteiger partial charge in [-0.15, -0.1) is 0 Å². The zero-order valence-electron chi connectivity index (χ0n) is 11.7. The first-order chi connectivity index (χ1) is 9.03. The maximum atomic E-state index is 4.37. The third kappa shape index (κ3) is 2.90. The Labute approximate surface area is 118 Å². The third-order valence-electron chi connectivity index (χ3n) is 3.75. The summed E-state index contributed by atoms with van der Waals surface area (Å²) in [5.41, 5.74) is 2.51. The fourth-order valence-corrected chi connectivity index (χ4v) is 6.67. The predicted octanol–water partition coefficient (Wildman–Crippen LogP) is 5.20. The Balaban J connectivity index is 2.33. The molecule has 0 spiro atoms. The first-order valence-corrected chi connectivity index (χ1v) is 12.8. The van der Waals surface area contributed by atoms with Gasteiger partial charge in [-0.1, -0.05) is 0 Å². The zero-order valence-corrected chi connectivity index (χ0v) is 13.8. The number of hydrogen-bond acceptors (Lipinski definition) is 0. The van der Waals surface area contributed by atoms with E-state index in [0.29, 0.717) is 0 Å². The van der Waals surface area contributed by atoms with Crippen LogP contribution in [0.1, 0.15) is 11.1 Å². The number of hydrogen-bond donors (Lipinski definition) is 0. The molecule has 0 radical (unpaired) electrons. The molecule has 0 aromatic heterocycles. The minimum atomic E-state index is -2.35. The van der Waals surface area contributed by atoms with Gasteiger partial charge >= 0.3 is 119 Å². The van der Waals surface area contributed by atoms with Crippen LogP contribution in [0.4, 0.5) is 0 Å². The van der Waals surface area contributed by atoms with Crippen LogP contribution in [0.25, 0.3) is 8.81 Å². The van der Waals surface area contributed by atoms with E-state index >= 15 is 0 Å². The van der Waals surface area contributed by atoms with Crippen LogP contribution in [-0.2, 0) is 0 Å². The molecular formula is C18H20Ge. The summed E-state index contributed by atoms with van der Waals surface area (Å²) in [5, 5.41) is 0. The normalized spacial score (nSPS) is 11.1. The molecule has 0 saturated heterocycles. The molecule has 2 aromatic rings. The fraction of sp³-hybridized carbons (Fsp3) is 0.111. The third-order valence-corrected chi connectivity index (χ3v) is 11.3. The molecule has 2 aromatic carbocycles. The van der Waals surface area contributed by atoms with Crippen LogP contribution in [0.2, 0.25) is 11.5 Å². The summed E-state index contributed by atoms with van der Waals surface area (Å²) in [5.74, 6) is 4.73. The van der Waals surface area contributed by atoms with Gasteiger partial charge in [0.15, 0.2) is 0 Å². The molecule has 0 aliphatic heterocycles. The van der Waals surface area contributed by atoms with E-state index in [9.17, 15) is 0 Å². The standard InChI is InChI=1S/C18H20Ge/c1-15(17-11-7-5-8-12-17)19(3,4)16(2)18-13-9-6-10-14-18/h5-14H,1-2H2,3-4H3. The molecule has 0 amide bonds. The average Bonchev–Trinajstić information content (AvgIpc) is 2.47.